The molecular weight excluding hydrogens is 803 g/mol. The quantitative estimate of drug-likeness (QED) is 0.162. The third-order valence-corrected chi connectivity index (χ3v) is 13.3. The molecule has 3 heterocycles. The number of rotatable bonds is 5. The van der Waals surface area contributed by atoms with Gasteiger partial charge in [0.15, 0.2) is 0 Å². The summed E-state index contributed by atoms with van der Waals surface area (Å²) in [6.07, 6.45) is 3.77. The molecule has 0 amide bonds. The molecule has 0 bridgehead atoms. The molecule has 0 radical (unpaired) electrons. The van der Waals surface area contributed by atoms with Crippen LogP contribution in [0.2, 0.25) is 0 Å². The van der Waals surface area contributed by atoms with E-state index in [-0.39, 0.29) is 5.41 Å². The van der Waals surface area contributed by atoms with E-state index in [1.807, 2.05) is 48.8 Å². The molecule has 12 aromatic rings. The highest BCUT2D eigenvalue weighted by atomic mass is 15.0. The minimum absolute atomic E-state index is 0.204. The summed E-state index contributed by atoms with van der Waals surface area (Å²) in [5.41, 5.74) is 15.6. The summed E-state index contributed by atoms with van der Waals surface area (Å²) in [5.74, 6) is 0. The lowest BCUT2D eigenvalue weighted by Crippen LogP contribution is -2.13. The van der Waals surface area contributed by atoms with Crippen LogP contribution < -0.4 is 0 Å². The highest BCUT2D eigenvalue weighted by Crippen LogP contribution is 2.47. The summed E-state index contributed by atoms with van der Waals surface area (Å²) in [5, 5.41) is 29.0. The van der Waals surface area contributed by atoms with Crippen molar-refractivity contribution in [2.45, 2.75) is 26.2 Å². The number of nitrogens with zero attached hydrogens (tertiary/aromatic N) is 5. The Morgan fingerprint density at radius 2 is 0.788 bits per heavy atom. The van der Waals surface area contributed by atoms with Crippen LogP contribution in [0.1, 0.15) is 37.5 Å². The van der Waals surface area contributed by atoms with Crippen LogP contribution in [0.3, 0.4) is 0 Å². The van der Waals surface area contributed by atoms with Crippen molar-refractivity contribution in [1.82, 2.24) is 14.1 Å². The number of para-hydroxylation sites is 2. The van der Waals surface area contributed by atoms with E-state index >= 15 is 0 Å². The third kappa shape index (κ3) is 6.10. The maximum Gasteiger partial charge on any atom is 0.0991 e. The fourth-order valence-corrected chi connectivity index (χ4v) is 10.5. The first kappa shape index (κ1) is 38.9. The molecule has 0 spiro atoms. The van der Waals surface area contributed by atoms with Crippen LogP contribution in [0.15, 0.2) is 194 Å². The van der Waals surface area contributed by atoms with Gasteiger partial charge < -0.3 is 9.13 Å². The molecule has 9 aromatic carbocycles. The molecule has 66 heavy (non-hydrogen) atoms. The summed E-state index contributed by atoms with van der Waals surface area (Å²) in [7, 11) is 0. The van der Waals surface area contributed by atoms with Crippen LogP contribution in [0, 0.1) is 22.7 Å². The van der Waals surface area contributed by atoms with Gasteiger partial charge in [0.25, 0.3) is 0 Å². The predicted molar refractivity (Wildman–Crippen MR) is 272 cm³/mol. The van der Waals surface area contributed by atoms with Crippen molar-refractivity contribution >= 4 is 65.2 Å². The monoisotopic (exact) mass is 843 g/mol. The zero-order chi connectivity index (χ0) is 44.7. The lowest BCUT2D eigenvalue weighted by atomic mass is 9.77. The van der Waals surface area contributed by atoms with Gasteiger partial charge in [0.1, 0.15) is 0 Å². The van der Waals surface area contributed by atoms with Crippen molar-refractivity contribution in [3.05, 3.63) is 211 Å². The second-order valence-electron chi connectivity index (χ2n) is 18.2. The fraction of sp³-hybridized carbons (Fsp3) is 0.0656. The molecule has 0 aliphatic carbocycles. The molecule has 0 aliphatic heterocycles. The lowest BCUT2D eigenvalue weighted by molar-refractivity contribution is 0.601. The Morgan fingerprint density at radius 3 is 1.26 bits per heavy atom. The van der Waals surface area contributed by atoms with E-state index in [9.17, 15) is 10.5 Å². The minimum atomic E-state index is -0.204. The van der Waals surface area contributed by atoms with Crippen molar-refractivity contribution in [2.24, 2.45) is 0 Å². The van der Waals surface area contributed by atoms with Gasteiger partial charge in [0, 0.05) is 45.3 Å². The molecule has 0 saturated heterocycles. The lowest BCUT2D eigenvalue weighted by Gasteiger charge is -2.27. The second kappa shape index (κ2) is 14.9. The SMILES string of the molecule is CC(C)(C)c1c2ccc(-c3ccc4c(c3)c3cc(C#N)ccc3n4-c3ccccc3)cc2c(-c2ccncc2)c2ccc(-c3ccc4c(c3)c3cc(C#N)ccc3n4-c3ccccc3)cc12. The first-order valence-electron chi connectivity index (χ1n) is 22.3. The first-order valence-corrected chi connectivity index (χ1v) is 22.3. The smallest absolute Gasteiger partial charge is 0.0991 e. The Hall–Kier alpha value is -8.77. The number of nitriles is 2. The Labute approximate surface area is 382 Å². The maximum atomic E-state index is 9.93. The van der Waals surface area contributed by atoms with Gasteiger partial charge in [-0.25, -0.2) is 0 Å². The van der Waals surface area contributed by atoms with Crippen molar-refractivity contribution in [2.75, 3.05) is 0 Å². The van der Waals surface area contributed by atoms with E-state index in [0.717, 1.165) is 82.8 Å². The molecule has 3 aromatic heterocycles. The molecule has 0 unspecified atom stereocenters. The largest absolute Gasteiger partial charge is 0.309 e. The minimum Gasteiger partial charge on any atom is -0.309 e. The summed E-state index contributed by atoms with van der Waals surface area (Å²) in [6, 6.07) is 69.2. The van der Waals surface area contributed by atoms with Gasteiger partial charge in [-0.3, -0.25) is 4.98 Å². The van der Waals surface area contributed by atoms with Crippen molar-refractivity contribution in [3.8, 4) is 56.9 Å². The van der Waals surface area contributed by atoms with Gasteiger partial charge in [0.2, 0.25) is 0 Å². The van der Waals surface area contributed by atoms with E-state index in [2.05, 4.69) is 193 Å². The molecular formula is C61H41N5. The van der Waals surface area contributed by atoms with Crippen molar-refractivity contribution < 1.29 is 0 Å². The van der Waals surface area contributed by atoms with Crippen LogP contribution in [0.5, 0.6) is 0 Å². The fourth-order valence-electron chi connectivity index (χ4n) is 10.5. The Bertz CT molecular complexity index is 4030. The molecule has 0 saturated carbocycles. The van der Waals surface area contributed by atoms with Gasteiger partial charge in [-0.05, 0) is 175 Å². The number of fused-ring (bicyclic) bond motifs is 8. The van der Waals surface area contributed by atoms with E-state index in [1.54, 1.807) is 0 Å². The second-order valence-corrected chi connectivity index (χ2v) is 18.2. The molecule has 12 rings (SSSR count). The van der Waals surface area contributed by atoms with Crippen LogP contribution >= 0.6 is 0 Å². The number of benzene rings is 9. The number of pyridine rings is 1. The zero-order valence-corrected chi connectivity index (χ0v) is 36.7. The topological polar surface area (TPSA) is 70.3 Å². The van der Waals surface area contributed by atoms with E-state index in [1.165, 1.54) is 32.7 Å². The van der Waals surface area contributed by atoms with E-state index < -0.39 is 0 Å². The maximum absolute atomic E-state index is 9.93. The first-order chi connectivity index (χ1) is 32.3. The highest BCUT2D eigenvalue weighted by Gasteiger charge is 2.25. The van der Waals surface area contributed by atoms with Crippen LogP contribution in [0.4, 0.5) is 0 Å². The third-order valence-electron chi connectivity index (χ3n) is 13.3. The van der Waals surface area contributed by atoms with Crippen LogP contribution in [-0.4, -0.2) is 14.1 Å². The van der Waals surface area contributed by atoms with Crippen LogP contribution in [-0.2, 0) is 5.41 Å². The average molecular weight is 844 g/mol. The number of hydrogen-bond donors (Lipinski definition) is 0. The standard InChI is InChI=1S/C61H41N5/c1-61(2,3)60-48-21-17-41(43-18-24-57-51(32-43)49-30-38(36-62)14-22-55(49)65(57)45-10-6-4-7-11-45)34-53(48)59(40-26-28-64-29-27-40)47-20-16-42(35-54(47)60)44-19-25-58-52(33-44)50-31-39(37-63)15-23-56(50)66(58)46-12-8-5-9-13-46/h4-35H,1-3H3. The molecule has 0 fully saturated rings. The molecule has 0 N–H and O–H groups in total. The molecule has 5 nitrogen and oxygen atoms in total. The van der Waals surface area contributed by atoms with Gasteiger partial charge in [0.05, 0.1) is 45.3 Å². The van der Waals surface area contributed by atoms with Gasteiger partial charge >= 0.3 is 0 Å². The Balaban J connectivity index is 1.08. The summed E-state index contributed by atoms with van der Waals surface area (Å²) >= 11 is 0. The molecule has 5 heteroatoms. The average Bonchev–Trinajstić information content (AvgIpc) is 3.86. The van der Waals surface area contributed by atoms with Crippen molar-refractivity contribution in [3.63, 3.8) is 0 Å². The van der Waals surface area contributed by atoms with Gasteiger partial charge in [-0.2, -0.15) is 10.5 Å². The molecule has 0 aliphatic rings. The summed E-state index contributed by atoms with van der Waals surface area (Å²) < 4.78 is 4.58. The van der Waals surface area contributed by atoms with Gasteiger partial charge in [-0.1, -0.05) is 93.6 Å². The van der Waals surface area contributed by atoms with E-state index in [0.29, 0.717) is 11.1 Å². The Morgan fingerprint density at radius 1 is 0.379 bits per heavy atom. The normalized spacial score (nSPS) is 11.8. The Kier molecular flexibility index (Phi) is 8.79. The van der Waals surface area contributed by atoms with Gasteiger partial charge in [-0.15, -0.1) is 0 Å². The highest BCUT2D eigenvalue weighted by molar-refractivity contribution is 6.18. The van der Waals surface area contributed by atoms with E-state index in [4.69, 9.17) is 0 Å². The molecule has 0 atom stereocenters. The van der Waals surface area contributed by atoms with Crippen LogP contribution in [0.25, 0.3) is 110 Å². The number of hydrogen-bond acceptors (Lipinski definition) is 3. The zero-order valence-electron chi connectivity index (χ0n) is 36.7. The van der Waals surface area contributed by atoms with Crippen molar-refractivity contribution in [1.29, 1.82) is 10.5 Å². The summed E-state index contributed by atoms with van der Waals surface area (Å²) in [6.45, 7) is 6.95. The molecule has 310 valence electrons. The number of aromatic nitrogens is 3. The summed E-state index contributed by atoms with van der Waals surface area (Å²) in [4.78, 5) is 4.43. The predicted octanol–water partition coefficient (Wildman–Crippen LogP) is 15.6.